The molecule has 136 valence electrons. The predicted octanol–water partition coefficient (Wildman–Crippen LogP) is 6.22. The maximum atomic E-state index is 13.1. The third-order valence-corrected chi connectivity index (χ3v) is 4.62. The molecule has 0 fully saturated rings. The lowest BCUT2D eigenvalue weighted by Gasteiger charge is -2.10. The van der Waals surface area contributed by atoms with E-state index in [0.717, 1.165) is 29.5 Å². The Morgan fingerprint density at radius 1 is 0.846 bits per heavy atom. The molecule has 1 heterocycles. The summed E-state index contributed by atoms with van der Waals surface area (Å²) in [6.45, 7) is 0. The molecule has 0 bridgehead atoms. The lowest BCUT2D eigenvalue weighted by atomic mass is 10.1. The third-order valence-electron chi connectivity index (χ3n) is 3.56. The first kappa shape index (κ1) is 18.2. The molecule has 0 radical (unpaired) electrons. The number of phenols is 1. The van der Waals surface area contributed by atoms with Crippen molar-refractivity contribution in [1.29, 1.82) is 0 Å². The molecular weight excluding hydrogens is 380 g/mol. The lowest BCUT2D eigenvalue weighted by molar-refractivity contribution is -0.138. The van der Waals surface area contributed by atoms with E-state index < -0.39 is 29.2 Å². The van der Waals surface area contributed by atoms with Crippen LogP contribution in [0.2, 0.25) is 0 Å². The molecule has 0 amide bonds. The van der Waals surface area contributed by atoms with Crippen LogP contribution in [0.5, 0.6) is 5.75 Å². The molecule has 0 atom stereocenters. The van der Waals surface area contributed by atoms with Crippen molar-refractivity contribution in [2.75, 3.05) is 0 Å². The second kappa shape index (κ2) is 6.31. The zero-order chi connectivity index (χ0) is 19.1. The van der Waals surface area contributed by atoms with Gasteiger partial charge in [-0.25, -0.2) is 4.98 Å². The summed E-state index contributed by atoms with van der Waals surface area (Å²) in [6.07, 6.45) is -7.96. The van der Waals surface area contributed by atoms with Crippen LogP contribution in [-0.2, 0) is 12.4 Å². The Labute approximate surface area is 147 Å². The molecule has 1 N–H and O–H groups in total. The third kappa shape index (κ3) is 3.52. The van der Waals surface area contributed by atoms with Gasteiger partial charge in [0.2, 0.25) is 0 Å². The maximum Gasteiger partial charge on any atom is 0.417 e. The van der Waals surface area contributed by atoms with Crippen LogP contribution in [0.25, 0.3) is 21.0 Å². The van der Waals surface area contributed by atoms with E-state index in [0.29, 0.717) is 6.07 Å². The number of alkyl halides is 6. The van der Waals surface area contributed by atoms with Crippen molar-refractivity contribution < 1.29 is 31.4 Å². The first-order valence-electron chi connectivity index (χ1n) is 7.10. The van der Waals surface area contributed by atoms with Crippen LogP contribution < -0.4 is 0 Å². The minimum absolute atomic E-state index is 0.0484. The van der Waals surface area contributed by atoms with E-state index in [2.05, 4.69) is 4.98 Å². The fourth-order valence-corrected chi connectivity index (χ4v) is 3.35. The van der Waals surface area contributed by atoms with Crippen molar-refractivity contribution in [3.05, 3.63) is 59.8 Å². The molecule has 26 heavy (non-hydrogen) atoms. The normalized spacial score (nSPS) is 12.4. The summed E-state index contributed by atoms with van der Waals surface area (Å²) in [4.78, 5) is 4.19. The van der Waals surface area contributed by atoms with E-state index in [9.17, 15) is 31.4 Å². The van der Waals surface area contributed by atoms with E-state index in [4.69, 9.17) is 0 Å². The van der Waals surface area contributed by atoms with Crippen molar-refractivity contribution >= 4 is 11.3 Å². The van der Waals surface area contributed by atoms with Gasteiger partial charge in [-0.2, -0.15) is 26.3 Å². The highest BCUT2D eigenvalue weighted by Gasteiger charge is 2.34. The van der Waals surface area contributed by atoms with Gasteiger partial charge in [0, 0.05) is 17.3 Å². The van der Waals surface area contributed by atoms with Crippen molar-refractivity contribution in [3.63, 3.8) is 0 Å². The smallest absolute Gasteiger partial charge is 0.417 e. The number of phenolic OH excluding ortho intramolecular Hbond substituents is 1. The number of aromatic nitrogens is 1. The average molecular weight is 389 g/mol. The number of aromatic hydroxyl groups is 1. The fourth-order valence-electron chi connectivity index (χ4n) is 2.36. The van der Waals surface area contributed by atoms with Gasteiger partial charge >= 0.3 is 12.4 Å². The van der Waals surface area contributed by atoms with E-state index in [-0.39, 0.29) is 21.0 Å². The van der Waals surface area contributed by atoms with Crippen LogP contribution in [0.1, 0.15) is 11.1 Å². The standard InChI is InChI=1S/C17H9F6NOS/c18-16(19,20)9-5-6-11(13(25)7-9)14-8-24-15(26-14)10-3-1-2-4-12(10)17(21,22)23/h1-8,25H. The number of benzene rings is 2. The van der Waals surface area contributed by atoms with Crippen LogP contribution >= 0.6 is 11.3 Å². The van der Waals surface area contributed by atoms with Crippen molar-refractivity contribution in [3.8, 4) is 26.8 Å². The van der Waals surface area contributed by atoms with Gasteiger partial charge in [-0.05, 0) is 24.3 Å². The molecule has 0 aliphatic rings. The van der Waals surface area contributed by atoms with Crippen molar-refractivity contribution in [2.45, 2.75) is 12.4 Å². The number of hydrogen-bond acceptors (Lipinski definition) is 3. The molecule has 0 saturated heterocycles. The Kier molecular flexibility index (Phi) is 4.43. The van der Waals surface area contributed by atoms with Gasteiger partial charge in [0.25, 0.3) is 0 Å². The van der Waals surface area contributed by atoms with Crippen LogP contribution in [0.3, 0.4) is 0 Å². The monoisotopic (exact) mass is 389 g/mol. The highest BCUT2D eigenvalue weighted by atomic mass is 32.1. The number of hydrogen-bond donors (Lipinski definition) is 1. The molecule has 0 aliphatic heterocycles. The second-order valence-electron chi connectivity index (χ2n) is 5.30. The summed E-state index contributed by atoms with van der Waals surface area (Å²) in [6, 6.07) is 7.29. The summed E-state index contributed by atoms with van der Waals surface area (Å²) in [7, 11) is 0. The van der Waals surface area contributed by atoms with Gasteiger partial charge in [-0.3, -0.25) is 0 Å². The summed E-state index contributed by atoms with van der Waals surface area (Å²) in [5, 5.41) is 9.92. The molecule has 0 unspecified atom stereocenters. The summed E-state index contributed by atoms with van der Waals surface area (Å²) >= 11 is 0.845. The van der Waals surface area contributed by atoms with Crippen LogP contribution in [0.4, 0.5) is 26.3 Å². The summed E-state index contributed by atoms with van der Waals surface area (Å²) in [5.41, 5.74) is -1.96. The Hall–Kier alpha value is -2.55. The topological polar surface area (TPSA) is 33.1 Å². The van der Waals surface area contributed by atoms with Crippen LogP contribution in [0.15, 0.2) is 48.7 Å². The number of halogens is 6. The number of thiazole rings is 1. The van der Waals surface area contributed by atoms with E-state index >= 15 is 0 Å². The van der Waals surface area contributed by atoms with Crippen LogP contribution in [-0.4, -0.2) is 10.1 Å². The first-order valence-corrected chi connectivity index (χ1v) is 7.92. The molecule has 9 heteroatoms. The van der Waals surface area contributed by atoms with Crippen LogP contribution in [0, 0.1) is 0 Å². The van der Waals surface area contributed by atoms with Gasteiger partial charge in [-0.1, -0.05) is 18.2 Å². The highest BCUT2D eigenvalue weighted by molar-refractivity contribution is 7.18. The molecule has 0 aliphatic carbocycles. The zero-order valence-electron chi connectivity index (χ0n) is 12.7. The quantitative estimate of drug-likeness (QED) is 0.528. The number of nitrogens with zero attached hydrogens (tertiary/aromatic N) is 1. The summed E-state index contributed by atoms with van der Waals surface area (Å²) < 4.78 is 77.3. The van der Waals surface area contributed by atoms with Gasteiger partial charge in [0.15, 0.2) is 0 Å². The minimum atomic E-state index is -4.61. The second-order valence-corrected chi connectivity index (χ2v) is 6.33. The van der Waals surface area contributed by atoms with Crippen molar-refractivity contribution in [2.24, 2.45) is 0 Å². The number of rotatable bonds is 2. The Morgan fingerprint density at radius 3 is 2.15 bits per heavy atom. The van der Waals surface area contributed by atoms with E-state index in [1.165, 1.54) is 24.4 Å². The van der Waals surface area contributed by atoms with Crippen molar-refractivity contribution in [1.82, 2.24) is 4.98 Å². The first-order chi connectivity index (χ1) is 12.1. The summed E-state index contributed by atoms with van der Waals surface area (Å²) in [5.74, 6) is -0.626. The van der Waals surface area contributed by atoms with Gasteiger partial charge in [-0.15, -0.1) is 11.3 Å². The zero-order valence-corrected chi connectivity index (χ0v) is 13.5. The molecule has 0 spiro atoms. The Bertz CT molecular complexity index is 945. The fraction of sp³-hybridized carbons (Fsp3) is 0.118. The largest absolute Gasteiger partial charge is 0.507 e. The maximum absolute atomic E-state index is 13.1. The molecule has 3 rings (SSSR count). The molecule has 2 aromatic carbocycles. The van der Waals surface area contributed by atoms with E-state index in [1.807, 2.05) is 0 Å². The minimum Gasteiger partial charge on any atom is -0.507 e. The Morgan fingerprint density at radius 2 is 1.54 bits per heavy atom. The average Bonchev–Trinajstić information content (AvgIpc) is 3.02. The van der Waals surface area contributed by atoms with Gasteiger partial charge in [0.1, 0.15) is 10.8 Å². The molecule has 1 aromatic heterocycles. The molecule has 2 nitrogen and oxygen atoms in total. The predicted molar refractivity (Wildman–Crippen MR) is 84.7 cm³/mol. The Balaban J connectivity index is 2.03. The van der Waals surface area contributed by atoms with Gasteiger partial charge in [0.05, 0.1) is 16.0 Å². The highest BCUT2D eigenvalue weighted by Crippen LogP contribution is 2.42. The molecular formula is C17H9F6NOS. The lowest BCUT2D eigenvalue weighted by Crippen LogP contribution is -2.06. The van der Waals surface area contributed by atoms with Gasteiger partial charge < -0.3 is 5.11 Å². The SMILES string of the molecule is Oc1cc(C(F)(F)F)ccc1-c1cnc(-c2ccccc2C(F)(F)F)s1. The molecule has 3 aromatic rings. The van der Waals surface area contributed by atoms with E-state index in [1.54, 1.807) is 0 Å². The molecule has 0 saturated carbocycles.